The summed E-state index contributed by atoms with van der Waals surface area (Å²) in [6, 6.07) is 0.513. The zero-order valence-electron chi connectivity index (χ0n) is 5.44. The van der Waals surface area contributed by atoms with E-state index in [0.29, 0.717) is 12.0 Å². The first-order valence-corrected chi connectivity index (χ1v) is 3.72. The molecule has 0 aromatic carbocycles. The molecular weight excluding hydrogens is 117 g/mol. The van der Waals surface area contributed by atoms with Gasteiger partial charge in [0.2, 0.25) is 0 Å². The topological polar surface area (TPSA) is 12.0 Å². The molecule has 3 unspecified atom stereocenters. The van der Waals surface area contributed by atoms with Crippen molar-refractivity contribution in [2.75, 3.05) is 6.54 Å². The maximum atomic E-state index is 12.7. The van der Waals surface area contributed by atoms with Crippen molar-refractivity contribution < 1.29 is 4.39 Å². The Morgan fingerprint density at radius 3 is 2.89 bits per heavy atom. The van der Waals surface area contributed by atoms with Gasteiger partial charge >= 0.3 is 0 Å². The molecule has 1 aliphatic carbocycles. The highest BCUT2D eigenvalue weighted by molar-refractivity contribution is 4.89. The van der Waals surface area contributed by atoms with Crippen LogP contribution < -0.4 is 5.32 Å². The molecule has 52 valence electrons. The zero-order valence-corrected chi connectivity index (χ0v) is 5.44. The summed E-state index contributed by atoms with van der Waals surface area (Å²) >= 11 is 0. The Labute approximate surface area is 54.6 Å². The predicted molar refractivity (Wildman–Crippen MR) is 34.0 cm³/mol. The van der Waals surface area contributed by atoms with Gasteiger partial charge in [0.15, 0.2) is 0 Å². The second-order valence-electron chi connectivity index (χ2n) is 3.28. The standard InChI is InChI=1S/C7H12FN/c8-6-1-5-2-7(3-6)9-4-5/h5-7,9H,1-4H2. The van der Waals surface area contributed by atoms with Gasteiger partial charge in [-0.3, -0.25) is 0 Å². The van der Waals surface area contributed by atoms with Crippen molar-refractivity contribution in [1.29, 1.82) is 0 Å². The second-order valence-corrected chi connectivity index (χ2v) is 3.28. The van der Waals surface area contributed by atoms with Crippen LogP contribution in [0.15, 0.2) is 0 Å². The van der Waals surface area contributed by atoms with E-state index >= 15 is 0 Å². The van der Waals surface area contributed by atoms with Crippen LogP contribution in [0.5, 0.6) is 0 Å². The fourth-order valence-electron chi connectivity index (χ4n) is 2.03. The van der Waals surface area contributed by atoms with Crippen molar-refractivity contribution in [3.05, 3.63) is 0 Å². The van der Waals surface area contributed by atoms with Crippen molar-refractivity contribution in [1.82, 2.24) is 5.32 Å². The molecule has 0 aromatic heterocycles. The predicted octanol–water partition coefficient (Wildman–Crippen LogP) is 1.10. The minimum absolute atomic E-state index is 0.510. The van der Waals surface area contributed by atoms with Gasteiger partial charge in [-0.05, 0) is 31.7 Å². The SMILES string of the molecule is FC1CC2CNC(C1)C2. The highest BCUT2D eigenvalue weighted by Gasteiger charge is 2.33. The summed E-state index contributed by atoms with van der Waals surface area (Å²) in [7, 11) is 0. The highest BCUT2D eigenvalue weighted by atomic mass is 19.1. The van der Waals surface area contributed by atoms with Crippen LogP contribution in [-0.4, -0.2) is 18.8 Å². The Hall–Kier alpha value is -0.110. The van der Waals surface area contributed by atoms with Crippen molar-refractivity contribution in [2.45, 2.75) is 31.5 Å². The van der Waals surface area contributed by atoms with E-state index < -0.39 is 6.17 Å². The average molecular weight is 129 g/mol. The van der Waals surface area contributed by atoms with Crippen LogP contribution in [0, 0.1) is 5.92 Å². The quantitative estimate of drug-likeness (QED) is 0.516. The third-order valence-corrected chi connectivity index (χ3v) is 2.44. The number of hydrogen-bond donors (Lipinski definition) is 1. The molecule has 1 saturated carbocycles. The second kappa shape index (κ2) is 1.94. The first-order chi connectivity index (χ1) is 4.34. The largest absolute Gasteiger partial charge is 0.314 e. The van der Waals surface area contributed by atoms with Gasteiger partial charge in [-0.25, -0.2) is 4.39 Å². The lowest BCUT2D eigenvalue weighted by molar-refractivity contribution is 0.217. The van der Waals surface area contributed by atoms with Gasteiger partial charge in [-0.15, -0.1) is 0 Å². The number of rotatable bonds is 0. The molecular formula is C7H12FN. The monoisotopic (exact) mass is 129 g/mol. The molecule has 1 N–H and O–H groups in total. The number of nitrogens with one attached hydrogen (secondary N) is 1. The summed E-state index contributed by atoms with van der Waals surface area (Å²) < 4.78 is 12.7. The van der Waals surface area contributed by atoms with Crippen molar-refractivity contribution in [3.63, 3.8) is 0 Å². The summed E-state index contributed by atoms with van der Waals surface area (Å²) in [4.78, 5) is 0. The first-order valence-electron chi connectivity index (χ1n) is 3.72. The van der Waals surface area contributed by atoms with Gasteiger partial charge in [0.1, 0.15) is 6.17 Å². The smallest absolute Gasteiger partial charge is 0.102 e. The van der Waals surface area contributed by atoms with E-state index in [0.717, 1.165) is 19.4 Å². The highest BCUT2D eigenvalue weighted by Crippen LogP contribution is 2.30. The Morgan fingerprint density at radius 2 is 2.11 bits per heavy atom. The number of halogens is 1. The van der Waals surface area contributed by atoms with Crippen LogP contribution >= 0.6 is 0 Å². The van der Waals surface area contributed by atoms with E-state index in [2.05, 4.69) is 5.32 Å². The van der Waals surface area contributed by atoms with E-state index in [-0.39, 0.29) is 0 Å². The summed E-state index contributed by atoms with van der Waals surface area (Å²) in [5.41, 5.74) is 0. The molecule has 1 aliphatic heterocycles. The van der Waals surface area contributed by atoms with E-state index in [1.807, 2.05) is 0 Å². The maximum absolute atomic E-state index is 12.7. The molecule has 2 rings (SSSR count). The van der Waals surface area contributed by atoms with Crippen molar-refractivity contribution in [2.24, 2.45) is 5.92 Å². The normalized spacial score (nSPS) is 49.7. The van der Waals surface area contributed by atoms with E-state index in [9.17, 15) is 4.39 Å². The van der Waals surface area contributed by atoms with Crippen LogP contribution in [-0.2, 0) is 0 Å². The van der Waals surface area contributed by atoms with Gasteiger partial charge < -0.3 is 5.32 Å². The van der Waals surface area contributed by atoms with Crippen molar-refractivity contribution >= 4 is 0 Å². The third kappa shape index (κ3) is 0.960. The first kappa shape index (κ1) is 5.66. The van der Waals surface area contributed by atoms with Gasteiger partial charge in [0.05, 0.1) is 0 Å². The lowest BCUT2D eigenvalue weighted by Gasteiger charge is -2.20. The maximum Gasteiger partial charge on any atom is 0.102 e. The molecule has 3 atom stereocenters. The fraction of sp³-hybridized carbons (Fsp3) is 1.00. The van der Waals surface area contributed by atoms with Crippen LogP contribution in [0.3, 0.4) is 0 Å². The molecule has 2 heteroatoms. The van der Waals surface area contributed by atoms with Crippen LogP contribution in [0.4, 0.5) is 4.39 Å². The van der Waals surface area contributed by atoms with Crippen LogP contribution in [0.2, 0.25) is 0 Å². The van der Waals surface area contributed by atoms with Gasteiger partial charge in [-0.1, -0.05) is 0 Å². The molecule has 0 radical (unpaired) electrons. The zero-order chi connectivity index (χ0) is 6.27. The minimum atomic E-state index is -0.510. The summed E-state index contributed by atoms with van der Waals surface area (Å²) in [6.45, 7) is 1.06. The summed E-state index contributed by atoms with van der Waals surface area (Å²) in [6.07, 6.45) is 2.28. The lowest BCUT2D eigenvalue weighted by Crippen LogP contribution is -2.25. The molecule has 0 amide bonds. The molecule has 0 aromatic rings. The van der Waals surface area contributed by atoms with E-state index in [1.165, 1.54) is 6.42 Å². The lowest BCUT2D eigenvalue weighted by atomic mass is 9.89. The molecule has 1 nitrogen and oxygen atoms in total. The Balaban J connectivity index is 2.03. The van der Waals surface area contributed by atoms with Gasteiger partial charge in [-0.2, -0.15) is 0 Å². The molecule has 2 bridgehead atoms. The molecule has 1 heterocycles. The van der Waals surface area contributed by atoms with Crippen LogP contribution in [0.1, 0.15) is 19.3 Å². The minimum Gasteiger partial charge on any atom is -0.314 e. The Morgan fingerprint density at radius 1 is 1.22 bits per heavy atom. The number of fused-ring (bicyclic) bond motifs is 2. The van der Waals surface area contributed by atoms with E-state index in [1.54, 1.807) is 0 Å². The average Bonchev–Trinajstić information content (AvgIpc) is 2.11. The molecule has 1 saturated heterocycles. The van der Waals surface area contributed by atoms with Crippen molar-refractivity contribution in [3.8, 4) is 0 Å². The molecule has 9 heavy (non-hydrogen) atoms. The summed E-state index contributed by atoms with van der Waals surface area (Å²) in [5, 5.41) is 3.31. The van der Waals surface area contributed by atoms with Gasteiger partial charge in [0, 0.05) is 6.04 Å². The third-order valence-electron chi connectivity index (χ3n) is 2.44. The number of hydrogen-bond acceptors (Lipinski definition) is 1. The fourth-order valence-corrected chi connectivity index (χ4v) is 2.03. The van der Waals surface area contributed by atoms with Crippen LogP contribution in [0.25, 0.3) is 0 Å². The molecule has 0 spiro atoms. The number of alkyl halides is 1. The van der Waals surface area contributed by atoms with E-state index in [4.69, 9.17) is 0 Å². The Bertz CT molecular complexity index is 103. The summed E-state index contributed by atoms with van der Waals surface area (Å²) in [5.74, 6) is 0.652. The van der Waals surface area contributed by atoms with Gasteiger partial charge in [0.25, 0.3) is 0 Å². The Kier molecular flexibility index (Phi) is 1.22. The molecule has 2 aliphatic rings. The molecule has 2 fully saturated rings.